The molecular weight excluding hydrogens is 219 g/mol. The molecule has 0 saturated carbocycles. The predicted octanol–water partition coefficient (Wildman–Crippen LogP) is 2.08. The fourth-order valence-electron chi connectivity index (χ4n) is 1.59. The van der Waals surface area contributed by atoms with Gasteiger partial charge in [0.05, 0.1) is 6.04 Å². The lowest BCUT2D eigenvalue weighted by molar-refractivity contribution is -0.119. The number of benzene rings is 1. The standard InChI is InChI=1S/C13H17FN2O/c1-3-6-12(15)13(17)16(4-2)11-8-5-7-10(14)9-11/h3,5,7-9,12H,1,4,6,15H2,2H3. The summed E-state index contributed by atoms with van der Waals surface area (Å²) in [5.74, 6) is -0.593. The van der Waals surface area contributed by atoms with Gasteiger partial charge in [-0.3, -0.25) is 4.79 Å². The molecule has 0 aliphatic carbocycles. The molecule has 0 aromatic heterocycles. The number of nitrogens with two attached hydrogens (primary N) is 1. The van der Waals surface area contributed by atoms with Crippen LogP contribution in [0.5, 0.6) is 0 Å². The van der Waals surface area contributed by atoms with Crippen molar-refractivity contribution in [3.05, 3.63) is 42.7 Å². The second kappa shape index (κ2) is 6.15. The molecule has 92 valence electrons. The van der Waals surface area contributed by atoms with Gasteiger partial charge in [0.25, 0.3) is 0 Å². The summed E-state index contributed by atoms with van der Waals surface area (Å²) < 4.78 is 13.1. The van der Waals surface area contributed by atoms with Gasteiger partial charge in [-0.25, -0.2) is 4.39 Å². The SMILES string of the molecule is C=CCC(N)C(=O)N(CC)c1cccc(F)c1. The van der Waals surface area contributed by atoms with Crippen molar-refractivity contribution in [2.45, 2.75) is 19.4 Å². The number of amides is 1. The summed E-state index contributed by atoms with van der Waals surface area (Å²) in [7, 11) is 0. The van der Waals surface area contributed by atoms with Gasteiger partial charge < -0.3 is 10.6 Å². The first-order valence-corrected chi connectivity index (χ1v) is 5.53. The predicted molar refractivity (Wildman–Crippen MR) is 67.2 cm³/mol. The Labute approximate surface area is 101 Å². The monoisotopic (exact) mass is 236 g/mol. The first-order chi connectivity index (χ1) is 8.10. The minimum Gasteiger partial charge on any atom is -0.320 e. The fraction of sp³-hybridized carbons (Fsp3) is 0.308. The minimum atomic E-state index is -0.629. The van der Waals surface area contributed by atoms with Crippen molar-refractivity contribution in [3.8, 4) is 0 Å². The highest BCUT2D eigenvalue weighted by Gasteiger charge is 2.20. The van der Waals surface area contributed by atoms with Crippen LogP contribution in [-0.4, -0.2) is 18.5 Å². The maximum absolute atomic E-state index is 13.1. The van der Waals surface area contributed by atoms with Crippen molar-refractivity contribution in [3.63, 3.8) is 0 Å². The molecule has 1 aromatic carbocycles. The van der Waals surface area contributed by atoms with Gasteiger partial charge in [-0.1, -0.05) is 12.1 Å². The van der Waals surface area contributed by atoms with Gasteiger partial charge in [0, 0.05) is 12.2 Å². The summed E-state index contributed by atoms with van der Waals surface area (Å²) in [5, 5.41) is 0. The van der Waals surface area contributed by atoms with Gasteiger partial charge >= 0.3 is 0 Å². The van der Waals surface area contributed by atoms with E-state index >= 15 is 0 Å². The fourth-order valence-corrected chi connectivity index (χ4v) is 1.59. The second-order valence-electron chi connectivity index (χ2n) is 3.69. The van der Waals surface area contributed by atoms with E-state index in [4.69, 9.17) is 5.73 Å². The number of halogens is 1. The van der Waals surface area contributed by atoms with Crippen LogP contribution in [0.4, 0.5) is 10.1 Å². The minimum absolute atomic E-state index is 0.224. The van der Waals surface area contributed by atoms with Crippen LogP contribution in [0.2, 0.25) is 0 Å². The van der Waals surface area contributed by atoms with Crippen molar-refractivity contribution in [1.82, 2.24) is 0 Å². The largest absolute Gasteiger partial charge is 0.320 e. The zero-order chi connectivity index (χ0) is 12.8. The zero-order valence-electron chi connectivity index (χ0n) is 9.90. The van der Waals surface area contributed by atoms with E-state index in [1.54, 1.807) is 18.2 Å². The second-order valence-corrected chi connectivity index (χ2v) is 3.69. The number of likely N-dealkylation sites (N-methyl/N-ethyl adjacent to an activating group) is 1. The zero-order valence-corrected chi connectivity index (χ0v) is 9.90. The highest BCUT2D eigenvalue weighted by atomic mass is 19.1. The molecule has 17 heavy (non-hydrogen) atoms. The molecule has 0 aliphatic rings. The highest BCUT2D eigenvalue weighted by molar-refractivity contribution is 5.97. The Kier molecular flexibility index (Phi) is 4.84. The molecule has 0 heterocycles. The first-order valence-electron chi connectivity index (χ1n) is 5.53. The molecule has 0 saturated heterocycles. The van der Waals surface area contributed by atoms with E-state index in [0.29, 0.717) is 18.7 Å². The number of nitrogens with zero attached hydrogens (tertiary/aromatic N) is 1. The lowest BCUT2D eigenvalue weighted by Crippen LogP contribution is -2.43. The molecular formula is C13H17FN2O. The van der Waals surface area contributed by atoms with Crippen LogP contribution in [0.3, 0.4) is 0 Å². The summed E-state index contributed by atoms with van der Waals surface area (Å²) in [5.41, 5.74) is 6.25. The maximum atomic E-state index is 13.1. The van der Waals surface area contributed by atoms with Crippen molar-refractivity contribution >= 4 is 11.6 Å². The summed E-state index contributed by atoms with van der Waals surface area (Å²) in [6.07, 6.45) is 2.01. The number of carbonyl (C=O) groups is 1. The van der Waals surface area contributed by atoms with Gasteiger partial charge in [-0.2, -0.15) is 0 Å². The number of hydrogen-bond donors (Lipinski definition) is 1. The number of hydrogen-bond acceptors (Lipinski definition) is 2. The summed E-state index contributed by atoms with van der Waals surface area (Å²) in [6.45, 7) is 5.82. The lowest BCUT2D eigenvalue weighted by atomic mass is 10.1. The molecule has 0 spiro atoms. The van der Waals surface area contributed by atoms with Gasteiger partial charge in [-0.05, 0) is 31.5 Å². The molecule has 0 aliphatic heterocycles. The van der Waals surface area contributed by atoms with Gasteiger partial charge in [0.1, 0.15) is 5.82 Å². The Hall–Kier alpha value is -1.68. The van der Waals surface area contributed by atoms with Crippen LogP contribution in [0, 0.1) is 5.82 Å². The lowest BCUT2D eigenvalue weighted by Gasteiger charge is -2.24. The Morgan fingerprint density at radius 3 is 2.88 bits per heavy atom. The molecule has 1 atom stereocenters. The van der Waals surface area contributed by atoms with Crippen LogP contribution in [-0.2, 0) is 4.79 Å². The van der Waals surface area contributed by atoms with Crippen LogP contribution in [0.25, 0.3) is 0 Å². The Morgan fingerprint density at radius 1 is 1.65 bits per heavy atom. The molecule has 1 aromatic rings. The van der Waals surface area contributed by atoms with E-state index in [-0.39, 0.29) is 11.7 Å². The summed E-state index contributed by atoms with van der Waals surface area (Å²) >= 11 is 0. The van der Waals surface area contributed by atoms with E-state index in [1.807, 2.05) is 6.92 Å². The van der Waals surface area contributed by atoms with Crippen LogP contribution < -0.4 is 10.6 Å². The van der Waals surface area contributed by atoms with Crippen molar-refractivity contribution in [2.75, 3.05) is 11.4 Å². The van der Waals surface area contributed by atoms with Crippen molar-refractivity contribution in [2.24, 2.45) is 5.73 Å². The Balaban J connectivity index is 2.91. The highest BCUT2D eigenvalue weighted by Crippen LogP contribution is 2.16. The molecule has 0 fully saturated rings. The summed E-state index contributed by atoms with van der Waals surface area (Å²) in [4.78, 5) is 13.5. The van der Waals surface area contributed by atoms with E-state index in [2.05, 4.69) is 6.58 Å². The molecule has 1 unspecified atom stereocenters. The molecule has 3 nitrogen and oxygen atoms in total. The Bertz CT molecular complexity index is 406. The molecule has 0 radical (unpaired) electrons. The molecule has 1 amide bonds. The third-order valence-electron chi connectivity index (χ3n) is 2.44. The van der Waals surface area contributed by atoms with E-state index in [0.717, 1.165) is 0 Å². The van der Waals surface area contributed by atoms with E-state index in [1.165, 1.54) is 17.0 Å². The van der Waals surface area contributed by atoms with E-state index < -0.39 is 6.04 Å². The number of carbonyl (C=O) groups excluding carboxylic acids is 1. The smallest absolute Gasteiger partial charge is 0.244 e. The maximum Gasteiger partial charge on any atom is 0.244 e. The van der Waals surface area contributed by atoms with Crippen LogP contribution >= 0.6 is 0 Å². The van der Waals surface area contributed by atoms with Crippen LogP contribution in [0.15, 0.2) is 36.9 Å². The Morgan fingerprint density at radius 2 is 2.35 bits per heavy atom. The average molecular weight is 236 g/mol. The van der Waals surface area contributed by atoms with Crippen LogP contribution in [0.1, 0.15) is 13.3 Å². The van der Waals surface area contributed by atoms with Crippen molar-refractivity contribution in [1.29, 1.82) is 0 Å². The summed E-state index contributed by atoms with van der Waals surface area (Å²) in [6, 6.07) is 5.29. The van der Waals surface area contributed by atoms with E-state index in [9.17, 15) is 9.18 Å². The van der Waals surface area contributed by atoms with Gasteiger partial charge in [0.2, 0.25) is 5.91 Å². The normalized spacial score (nSPS) is 11.9. The van der Waals surface area contributed by atoms with Gasteiger partial charge in [-0.15, -0.1) is 6.58 Å². The molecule has 0 bridgehead atoms. The number of rotatable bonds is 5. The quantitative estimate of drug-likeness (QED) is 0.796. The first kappa shape index (κ1) is 13.4. The number of anilines is 1. The molecule has 2 N–H and O–H groups in total. The molecule has 1 rings (SSSR count). The average Bonchev–Trinajstić information content (AvgIpc) is 2.30. The third kappa shape index (κ3) is 3.39. The van der Waals surface area contributed by atoms with Gasteiger partial charge in [0.15, 0.2) is 0 Å². The third-order valence-corrected chi connectivity index (χ3v) is 2.44. The topological polar surface area (TPSA) is 46.3 Å². The van der Waals surface area contributed by atoms with Crippen molar-refractivity contribution < 1.29 is 9.18 Å². The molecule has 4 heteroatoms.